The van der Waals surface area contributed by atoms with Crippen molar-refractivity contribution in [3.8, 4) is 0 Å². The average Bonchev–Trinajstić information content (AvgIpc) is 2.76. The molecule has 1 saturated heterocycles. The van der Waals surface area contributed by atoms with E-state index in [1.165, 1.54) is 0 Å². The lowest BCUT2D eigenvalue weighted by atomic mass is 10.2. The summed E-state index contributed by atoms with van der Waals surface area (Å²) in [5, 5.41) is 11.5. The Bertz CT molecular complexity index is 196. The van der Waals surface area contributed by atoms with E-state index in [-0.39, 0.29) is 18.6 Å². The molecule has 2 N–H and O–H groups in total. The van der Waals surface area contributed by atoms with Gasteiger partial charge in [-0.05, 0) is 25.0 Å². The fourth-order valence-electron chi connectivity index (χ4n) is 1.62. The third-order valence-corrected chi connectivity index (χ3v) is 3.52. The number of amides is 1. The molecule has 0 spiro atoms. The molecular weight excluding hydrogens is 226 g/mol. The number of carbonyl (C=O) groups excluding carboxylic acids is 1. The molecule has 1 unspecified atom stereocenters. The molecule has 1 heterocycles. The van der Waals surface area contributed by atoms with Gasteiger partial charge in [0.1, 0.15) is 0 Å². The third-order valence-electron chi connectivity index (χ3n) is 2.45. The molecule has 5 heteroatoms. The summed E-state index contributed by atoms with van der Waals surface area (Å²) in [7, 11) is 0. The predicted octanol–water partition coefficient (Wildman–Crippen LogP) is 0.787. The van der Waals surface area contributed by atoms with Crippen LogP contribution >= 0.6 is 11.8 Å². The smallest absolute Gasteiger partial charge is 0.222 e. The lowest BCUT2D eigenvalue weighted by molar-refractivity contribution is -0.123. The van der Waals surface area contributed by atoms with Gasteiger partial charge in [-0.1, -0.05) is 0 Å². The summed E-state index contributed by atoms with van der Waals surface area (Å²) in [6.45, 7) is 1.76. The van der Waals surface area contributed by atoms with Gasteiger partial charge in [-0.3, -0.25) is 4.79 Å². The Labute approximate surface area is 101 Å². The number of hydrogen-bond donors (Lipinski definition) is 2. The van der Waals surface area contributed by atoms with Gasteiger partial charge in [-0.25, -0.2) is 0 Å². The number of nitrogens with one attached hydrogen (secondary N) is 1. The van der Waals surface area contributed by atoms with E-state index in [9.17, 15) is 4.79 Å². The zero-order chi connectivity index (χ0) is 11.6. The van der Waals surface area contributed by atoms with Crippen LogP contribution in [0.2, 0.25) is 0 Å². The SMILES string of the molecule is O=C(CC1CCCO1)NCCSCCCO. The zero-order valence-corrected chi connectivity index (χ0v) is 10.4. The van der Waals surface area contributed by atoms with E-state index in [1.54, 1.807) is 11.8 Å². The Morgan fingerprint density at radius 1 is 1.50 bits per heavy atom. The van der Waals surface area contributed by atoms with Crippen LogP contribution in [-0.4, -0.2) is 48.4 Å². The summed E-state index contributed by atoms with van der Waals surface area (Å²) in [6.07, 6.45) is 3.56. The standard InChI is InChI=1S/C11H21NO3S/c13-5-2-7-16-8-4-12-11(14)9-10-3-1-6-15-10/h10,13H,1-9H2,(H,12,14). The molecule has 1 rings (SSSR count). The van der Waals surface area contributed by atoms with Crippen LogP contribution < -0.4 is 5.32 Å². The first-order valence-electron chi connectivity index (χ1n) is 5.90. The van der Waals surface area contributed by atoms with Crippen LogP contribution in [0, 0.1) is 0 Å². The minimum Gasteiger partial charge on any atom is -0.396 e. The minimum atomic E-state index is 0.0923. The molecule has 0 saturated carbocycles. The van der Waals surface area contributed by atoms with E-state index < -0.39 is 0 Å². The van der Waals surface area contributed by atoms with Crippen molar-refractivity contribution < 1.29 is 14.6 Å². The summed E-state index contributed by atoms with van der Waals surface area (Å²) in [5.41, 5.74) is 0. The van der Waals surface area contributed by atoms with Gasteiger partial charge in [0.25, 0.3) is 0 Å². The van der Waals surface area contributed by atoms with Crippen molar-refractivity contribution in [3.63, 3.8) is 0 Å². The molecule has 1 atom stereocenters. The molecule has 0 radical (unpaired) electrons. The summed E-state index contributed by atoms with van der Waals surface area (Å²) in [6, 6.07) is 0. The number of aliphatic hydroxyl groups is 1. The second-order valence-corrected chi connectivity index (χ2v) is 5.10. The maximum Gasteiger partial charge on any atom is 0.222 e. The van der Waals surface area contributed by atoms with Crippen molar-refractivity contribution in [3.05, 3.63) is 0 Å². The number of carbonyl (C=O) groups is 1. The molecule has 0 aromatic rings. The van der Waals surface area contributed by atoms with E-state index in [1.807, 2.05) is 0 Å². The summed E-state index contributed by atoms with van der Waals surface area (Å²) in [4.78, 5) is 11.4. The van der Waals surface area contributed by atoms with Crippen LogP contribution in [0.5, 0.6) is 0 Å². The van der Waals surface area contributed by atoms with E-state index in [2.05, 4.69) is 5.32 Å². The molecule has 0 aromatic heterocycles. The lowest BCUT2D eigenvalue weighted by Crippen LogP contribution is -2.29. The first kappa shape index (κ1) is 13.8. The molecule has 1 fully saturated rings. The first-order valence-corrected chi connectivity index (χ1v) is 7.05. The Kier molecular flexibility index (Phi) is 7.63. The quantitative estimate of drug-likeness (QED) is 0.623. The van der Waals surface area contributed by atoms with Crippen molar-refractivity contribution in [2.45, 2.75) is 31.8 Å². The number of aliphatic hydroxyl groups excluding tert-OH is 1. The summed E-state index contributed by atoms with van der Waals surface area (Å²) < 4.78 is 5.39. The predicted molar refractivity (Wildman–Crippen MR) is 65.6 cm³/mol. The Morgan fingerprint density at radius 3 is 3.06 bits per heavy atom. The highest BCUT2D eigenvalue weighted by atomic mass is 32.2. The molecule has 1 aliphatic heterocycles. The van der Waals surface area contributed by atoms with E-state index >= 15 is 0 Å². The van der Waals surface area contributed by atoms with Crippen LogP contribution in [0.1, 0.15) is 25.7 Å². The van der Waals surface area contributed by atoms with Crippen LogP contribution in [0.4, 0.5) is 0 Å². The highest BCUT2D eigenvalue weighted by Crippen LogP contribution is 2.14. The molecule has 4 nitrogen and oxygen atoms in total. The molecule has 0 aliphatic carbocycles. The van der Waals surface area contributed by atoms with Gasteiger partial charge in [0.05, 0.1) is 12.5 Å². The maximum atomic E-state index is 11.4. The molecule has 16 heavy (non-hydrogen) atoms. The highest BCUT2D eigenvalue weighted by Gasteiger charge is 2.18. The monoisotopic (exact) mass is 247 g/mol. The number of thioether (sulfide) groups is 1. The van der Waals surface area contributed by atoms with Gasteiger partial charge in [0.2, 0.25) is 5.91 Å². The minimum absolute atomic E-state index is 0.0923. The molecule has 1 aliphatic rings. The molecule has 1 amide bonds. The van der Waals surface area contributed by atoms with Gasteiger partial charge in [-0.15, -0.1) is 0 Å². The lowest BCUT2D eigenvalue weighted by Gasteiger charge is -2.09. The zero-order valence-electron chi connectivity index (χ0n) is 9.61. The second-order valence-electron chi connectivity index (χ2n) is 3.88. The van der Waals surface area contributed by atoms with Crippen LogP contribution in [0.3, 0.4) is 0 Å². The van der Waals surface area contributed by atoms with Crippen molar-refractivity contribution in [1.29, 1.82) is 0 Å². The number of rotatable bonds is 8. The third kappa shape index (κ3) is 6.35. The van der Waals surface area contributed by atoms with E-state index in [0.29, 0.717) is 13.0 Å². The van der Waals surface area contributed by atoms with Gasteiger partial charge in [-0.2, -0.15) is 11.8 Å². The van der Waals surface area contributed by atoms with Gasteiger partial charge in [0.15, 0.2) is 0 Å². The van der Waals surface area contributed by atoms with E-state index in [0.717, 1.165) is 37.4 Å². The Hall–Kier alpha value is -0.260. The largest absolute Gasteiger partial charge is 0.396 e. The van der Waals surface area contributed by atoms with Crippen molar-refractivity contribution in [1.82, 2.24) is 5.32 Å². The van der Waals surface area contributed by atoms with Crippen molar-refractivity contribution in [2.24, 2.45) is 0 Å². The van der Waals surface area contributed by atoms with Gasteiger partial charge in [0, 0.05) is 25.5 Å². The normalized spacial score (nSPS) is 19.9. The number of ether oxygens (including phenoxy) is 1. The Balaban J connectivity index is 1.89. The average molecular weight is 247 g/mol. The van der Waals surface area contributed by atoms with Gasteiger partial charge >= 0.3 is 0 Å². The Morgan fingerprint density at radius 2 is 2.38 bits per heavy atom. The molecule has 0 bridgehead atoms. The second kappa shape index (κ2) is 8.84. The molecule has 94 valence electrons. The maximum absolute atomic E-state index is 11.4. The molecule has 0 aromatic carbocycles. The van der Waals surface area contributed by atoms with Crippen LogP contribution in [-0.2, 0) is 9.53 Å². The van der Waals surface area contributed by atoms with E-state index in [4.69, 9.17) is 9.84 Å². The summed E-state index contributed by atoms with van der Waals surface area (Å²) >= 11 is 1.76. The molecular formula is C11H21NO3S. The van der Waals surface area contributed by atoms with Crippen LogP contribution in [0.15, 0.2) is 0 Å². The van der Waals surface area contributed by atoms with Crippen LogP contribution in [0.25, 0.3) is 0 Å². The highest BCUT2D eigenvalue weighted by molar-refractivity contribution is 7.99. The van der Waals surface area contributed by atoms with Crippen molar-refractivity contribution in [2.75, 3.05) is 31.3 Å². The summed E-state index contributed by atoms with van der Waals surface area (Å²) in [5.74, 6) is 1.96. The fraction of sp³-hybridized carbons (Fsp3) is 0.909. The topological polar surface area (TPSA) is 58.6 Å². The number of hydrogen-bond acceptors (Lipinski definition) is 4. The van der Waals surface area contributed by atoms with Gasteiger partial charge < -0.3 is 15.2 Å². The van der Waals surface area contributed by atoms with Crippen molar-refractivity contribution >= 4 is 17.7 Å². The fourth-order valence-corrected chi connectivity index (χ4v) is 2.40. The first-order chi connectivity index (χ1) is 7.83.